The van der Waals surface area contributed by atoms with Crippen molar-refractivity contribution in [3.05, 3.63) is 29.8 Å². The van der Waals surface area contributed by atoms with Gasteiger partial charge in [-0.25, -0.2) is 0 Å². The summed E-state index contributed by atoms with van der Waals surface area (Å²) in [5.41, 5.74) is 3.68. The fraction of sp³-hybridized carbons (Fsp3) is 0.500. The lowest BCUT2D eigenvalue weighted by molar-refractivity contribution is 0.0863. The first-order valence-electron chi connectivity index (χ1n) is 5.94. The van der Waals surface area contributed by atoms with Gasteiger partial charge in [0.2, 0.25) is 0 Å². The summed E-state index contributed by atoms with van der Waals surface area (Å²) in [6.07, 6.45) is 4.82. The van der Waals surface area contributed by atoms with Crippen LogP contribution in [0.3, 0.4) is 0 Å². The van der Waals surface area contributed by atoms with E-state index in [1.807, 2.05) is 0 Å². The first-order valence-corrected chi connectivity index (χ1v) is 5.94. The van der Waals surface area contributed by atoms with Crippen LogP contribution in [0.5, 0.6) is 0 Å². The summed E-state index contributed by atoms with van der Waals surface area (Å²) < 4.78 is 5.35. The fourth-order valence-electron chi connectivity index (χ4n) is 2.07. The number of rotatable bonds is 2. The molecule has 0 N–H and O–H groups in total. The molecule has 0 aliphatic heterocycles. The summed E-state index contributed by atoms with van der Waals surface area (Å²) in [5.74, 6) is 0. The second-order valence-corrected chi connectivity index (χ2v) is 4.45. The summed E-state index contributed by atoms with van der Waals surface area (Å²) in [5, 5.41) is 0. The highest BCUT2D eigenvalue weighted by molar-refractivity contribution is 5.87. The number of aliphatic imine (C=N–C) groups is 1. The minimum Gasteiger partial charge on any atom is -0.381 e. The number of aryl methyl sites for hydroxylation is 1. The molecule has 16 heavy (non-hydrogen) atoms. The molecule has 0 saturated heterocycles. The van der Waals surface area contributed by atoms with Crippen LogP contribution in [0.2, 0.25) is 0 Å². The average Bonchev–Trinajstić information content (AvgIpc) is 2.33. The van der Waals surface area contributed by atoms with E-state index in [1.54, 1.807) is 7.11 Å². The molecule has 0 radical (unpaired) electrons. The zero-order chi connectivity index (χ0) is 11.4. The molecule has 86 valence electrons. The molecule has 1 aliphatic carbocycles. The molecule has 0 aromatic heterocycles. The summed E-state index contributed by atoms with van der Waals surface area (Å²) in [4.78, 5) is 4.69. The first kappa shape index (κ1) is 11.3. The van der Waals surface area contributed by atoms with Gasteiger partial charge in [-0.2, -0.15) is 0 Å². The fourth-order valence-corrected chi connectivity index (χ4v) is 2.07. The van der Waals surface area contributed by atoms with Crippen molar-refractivity contribution in [1.29, 1.82) is 0 Å². The van der Waals surface area contributed by atoms with Crippen LogP contribution in [0.25, 0.3) is 0 Å². The quantitative estimate of drug-likeness (QED) is 0.741. The van der Waals surface area contributed by atoms with Gasteiger partial charge in [0.1, 0.15) is 0 Å². The van der Waals surface area contributed by atoms with Crippen LogP contribution in [0.15, 0.2) is 29.3 Å². The molecule has 1 aromatic carbocycles. The Balaban J connectivity index is 2.00. The van der Waals surface area contributed by atoms with Crippen molar-refractivity contribution in [2.24, 2.45) is 4.99 Å². The molecule has 0 bridgehead atoms. The van der Waals surface area contributed by atoms with Gasteiger partial charge in [-0.15, -0.1) is 0 Å². The molecule has 1 fully saturated rings. The van der Waals surface area contributed by atoms with Crippen LogP contribution in [-0.2, 0) is 4.74 Å². The lowest BCUT2D eigenvalue weighted by Gasteiger charge is -2.21. The highest BCUT2D eigenvalue weighted by Gasteiger charge is 2.16. The van der Waals surface area contributed by atoms with E-state index < -0.39 is 0 Å². The molecule has 0 heterocycles. The summed E-state index contributed by atoms with van der Waals surface area (Å²) >= 11 is 0. The lowest BCUT2D eigenvalue weighted by Crippen LogP contribution is -2.19. The standard InChI is InChI=1S/C14H19NO/c1-11-3-5-12(6-4-11)15-13-7-9-14(16-2)10-8-13/h3-6,14H,7-10H2,1-2H3. The second kappa shape index (κ2) is 5.26. The maximum absolute atomic E-state index is 5.35. The van der Waals surface area contributed by atoms with Crippen LogP contribution in [0, 0.1) is 6.92 Å². The van der Waals surface area contributed by atoms with Gasteiger partial charge < -0.3 is 4.74 Å². The Morgan fingerprint density at radius 2 is 1.75 bits per heavy atom. The van der Waals surface area contributed by atoms with Crippen molar-refractivity contribution in [1.82, 2.24) is 0 Å². The third-order valence-corrected chi connectivity index (χ3v) is 3.16. The van der Waals surface area contributed by atoms with Gasteiger partial charge in [-0.1, -0.05) is 17.7 Å². The smallest absolute Gasteiger partial charge is 0.0629 e. The van der Waals surface area contributed by atoms with E-state index in [1.165, 1.54) is 11.3 Å². The van der Waals surface area contributed by atoms with Crippen LogP contribution in [-0.4, -0.2) is 18.9 Å². The molecule has 1 saturated carbocycles. The molecule has 2 heteroatoms. The molecule has 1 aliphatic rings. The van der Waals surface area contributed by atoms with E-state index in [2.05, 4.69) is 36.2 Å². The Labute approximate surface area is 97.4 Å². The lowest BCUT2D eigenvalue weighted by atomic mass is 9.95. The monoisotopic (exact) mass is 217 g/mol. The van der Waals surface area contributed by atoms with Crippen LogP contribution in [0.4, 0.5) is 5.69 Å². The van der Waals surface area contributed by atoms with Crippen molar-refractivity contribution < 1.29 is 4.74 Å². The van der Waals surface area contributed by atoms with Crippen molar-refractivity contribution in [3.63, 3.8) is 0 Å². The molecule has 2 nitrogen and oxygen atoms in total. The highest BCUT2D eigenvalue weighted by atomic mass is 16.5. The zero-order valence-corrected chi connectivity index (χ0v) is 10.1. The van der Waals surface area contributed by atoms with Gasteiger partial charge in [-0.3, -0.25) is 4.99 Å². The topological polar surface area (TPSA) is 21.6 Å². The minimum atomic E-state index is 0.442. The van der Waals surface area contributed by atoms with Gasteiger partial charge in [0.15, 0.2) is 0 Å². The normalized spacial score (nSPS) is 20.9. The molecule has 0 unspecified atom stereocenters. The van der Waals surface area contributed by atoms with Gasteiger partial charge in [0.25, 0.3) is 0 Å². The number of hydrogen-bond donors (Lipinski definition) is 0. The molecular formula is C14H19NO. The molecule has 1 aromatic rings. The van der Waals surface area contributed by atoms with E-state index in [4.69, 9.17) is 4.74 Å². The Bertz CT molecular complexity index is 357. The first-order chi connectivity index (χ1) is 7.78. The number of ether oxygens (including phenoxy) is 1. The Morgan fingerprint density at radius 3 is 2.31 bits per heavy atom. The van der Waals surface area contributed by atoms with Gasteiger partial charge in [-0.05, 0) is 44.7 Å². The number of benzene rings is 1. The summed E-state index contributed by atoms with van der Waals surface area (Å²) in [7, 11) is 1.80. The Morgan fingerprint density at radius 1 is 1.12 bits per heavy atom. The number of hydrogen-bond acceptors (Lipinski definition) is 2. The zero-order valence-electron chi connectivity index (χ0n) is 10.1. The van der Waals surface area contributed by atoms with Crippen LogP contribution < -0.4 is 0 Å². The Hall–Kier alpha value is -1.15. The minimum absolute atomic E-state index is 0.442. The van der Waals surface area contributed by atoms with Crippen molar-refractivity contribution in [2.75, 3.05) is 7.11 Å². The summed E-state index contributed by atoms with van der Waals surface area (Å²) in [6, 6.07) is 8.40. The number of nitrogens with zero attached hydrogens (tertiary/aromatic N) is 1. The van der Waals surface area contributed by atoms with E-state index in [9.17, 15) is 0 Å². The molecule has 0 amide bonds. The molecule has 2 rings (SSSR count). The Kier molecular flexibility index (Phi) is 3.73. The van der Waals surface area contributed by atoms with E-state index in [0.29, 0.717) is 6.10 Å². The maximum Gasteiger partial charge on any atom is 0.0629 e. The van der Waals surface area contributed by atoms with Gasteiger partial charge in [0.05, 0.1) is 11.8 Å². The SMILES string of the molecule is COC1CCC(=Nc2ccc(C)cc2)CC1. The molecule has 0 spiro atoms. The largest absolute Gasteiger partial charge is 0.381 e. The van der Waals surface area contributed by atoms with E-state index in [0.717, 1.165) is 31.4 Å². The van der Waals surface area contributed by atoms with E-state index >= 15 is 0 Å². The van der Waals surface area contributed by atoms with Crippen molar-refractivity contribution in [2.45, 2.75) is 38.7 Å². The number of methoxy groups -OCH3 is 1. The van der Waals surface area contributed by atoms with Crippen LogP contribution in [0.1, 0.15) is 31.2 Å². The van der Waals surface area contributed by atoms with E-state index in [-0.39, 0.29) is 0 Å². The van der Waals surface area contributed by atoms with Gasteiger partial charge in [0, 0.05) is 12.8 Å². The van der Waals surface area contributed by atoms with Crippen molar-refractivity contribution in [3.8, 4) is 0 Å². The van der Waals surface area contributed by atoms with Gasteiger partial charge >= 0.3 is 0 Å². The third-order valence-electron chi connectivity index (χ3n) is 3.16. The second-order valence-electron chi connectivity index (χ2n) is 4.45. The molecular weight excluding hydrogens is 198 g/mol. The average molecular weight is 217 g/mol. The molecule has 0 atom stereocenters. The predicted molar refractivity (Wildman–Crippen MR) is 67.5 cm³/mol. The summed E-state index contributed by atoms with van der Waals surface area (Å²) in [6.45, 7) is 2.10. The van der Waals surface area contributed by atoms with Crippen molar-refractivity contribution >= 4 is 11.4 Å². The van der Waals surface area contributed by atoms with Crippen LogP contribution >= 0.6 is 0 Å². The maximum atomic E-state index is 5.35. The highest BCUT2D eigenvalue weighted by Crippen LogP contribution is 2.22. The predicted octanol–water partition coefficient (Wildman–Crippen LogP) is 3.66. The third kappa shape index (κ3) is 2.92.